The van der Waals surface area contributed by atoms with Gasteiger partial charge in [0.05, 0.1) is 16.8 Å². The van der Waals surface area contributed by atoms with Gasteiger partial charge in [0.25, 0.3) is 5.91 Å². The highest BCUT2D eigenvalue weighted by molar-refractivity contribution is 7.16. The number of amides is 2. The van der Waals surface area contributed by atoms with Crippen molar-refractivity contribution in [2.75, 3.05) is 20.3 Å². The molecule has 2 aromatic carbocycles. The zero-order chi connectivity index (χ0) is 20.8. The normalized spacial score (nSPS) is 12.9. The van der Waals surface area contributed by atoms with Crippen molar-refractivity contribution in [1.29, 1.82) is 0 Å². The first-order valence-electron chi connectivity index (χ1n) is 9.57. The number of fused-ring (bicyclic) bond motifs is 1. The highest BCUT2D eigenvalue weighted by Gasteiger charge is 2.22. The fraction of sp³-hybridized carbons (Fsp3) is 0.318. The van der Waals surface area contributed by atoms with Crippen LogP contribution in [0.25, 0.3) is 10.2 Å². The molecular formula is C22H25N3O3S. The Hall–Kier alpha value is -2.77. The summed E-state index contributed by atoms with van der Waals surface area (Å²) < 4.78 is 7.86. The number of hydrogen-bond acceptors (Lipinski definition) is 4. The van der Waals surface area contributed by atoms with Gasteiger partial charge in [0.1, 0.15) is 6.04 Å². The average Bonchev–Trinajstić information content (AvgIpc) is 3.07. The van der Waals surface area contributed by atoms with E-state index in [9.17, 15) is 9.59 Å². The molecule has 0 radical (unpaired) electrons. The maximum Gasteiger partial charge on any atom is 0.279 e. The quantitative estimate of drug-likeness (QED) is 0.605. The molecule has 0 aliphatic carbocycles. The molecule has 2 amide bonds. The van der Waals surface area contributed by atoms with Crippen molar-refractivity contribution in [3.63, 3.8) is 0 Å². The maximum absolute atomic E-state index is 12.8. The van der Waals surface area contributed by atoms with Crippen molar-refractivity contribution in [1.82, 2.24) is 9.88 Å². The summed E-state index contributed by atoms with van der Waals surface area (Å²) >= 11 is 1.41. The number of thiazole rings is 1. The second-order valence-electron chi connectivity index (χ2n) is 6.71. The molecule has 0 fully saturated rings. The monoisotopic (exact) mass is 411 g/mol. The number of nitrogens with zero attached hydrogens (tertiary/aromatic N) is 2. The lowest BCUT2D eigenvalue weighted by molar-refractivity contribution is -0.124. The van der Waals surface area contributed by atoms with E-state index in [4.69, 9.17) is 4.74 Å². The van der Waals surface area contributed by atoms with E-state index in [-0.39, 0.29) is 11.8 Å². The number of aryl methyl sites for hydroxylation is 1. The summed E-state index contributed by atoms with van der Waals surface area (Å²) in [5.41, 5.74) is 2.50. The number of nitrogens with one attached hydrogen (secondary N) is 1. The van der Waals surface area contributed by atoms with Gasteiger partial charge in [0.2, 0.25) is 5.91 Å². The largest absolute Gasteiger partial charge is 0.383 e. The molecule has 0 saturated heterocycles. The van der Waals surface area contributed by atoms with Crippen LogP contribution in [-0.2, 0) is 9.53 Å². The number of rotatable bonds is 7. The number of aromatic nitrogens is 1. The summed E-state index contributed by atoms with van der Waals surface area (Å²) in [5, 5.41) is 2.90. The summed E-state index contributed by atoms with van der Waals surface area (Å²) in [5.74, 6) is -0.433. The predicted molar refractivity (Wildman–Crippen MR) is 115 cm³/mol. The SMILES string of the molecule is CC[C@H](C(=O)NCCOC)n1c(=NC(=O)c2ccc(C)cc2)sc2ccccc21. The van der Waals surface area contributed by atoms with Crippen LogP contribution in [0.4, 0.5) is 0 Å². The van der Waals surface area contributed by atoms with Gasteiger partial charge >= 0.3 is 0 Å². The number of benzene rings is 2. The van der Waals surface area contributed by atoms with E-state index in [0.29, 0.717) is 29.9 Å². The van der Waals surface area contributed by atoms with Gasteiger partial charge in [-0.3, -0.25) is 9.59 Å². The van der Waals surface area contributed by atoms with Gasteiger partial charge < -0.3 is 14.6 Å². The van der Waals surface area contributed by atoms with Crippen molar-refractivity contribution in [2.45, 2.75) is 26.3 Å². The summed E-state index contributed by atoms with van der Waals surface area (Å²) in [4.78, 5) is 30.5. The Kier molecular flexibility index (Phi) is 6.95. The first-order chi connectivity index (χ1) is 14.0. The zero-order valence-electron chi connectivity index (χ0n) is 16.8. The molecule has 29 heavy (non-hydrogen) atoms. The van der Waals surface area contributed by atoms with Gasteiger partial charge in [0.15, 0.2) is 4.80 Å². The highest BCUT2D eigenvalue weighted by Crippen LogP contribution is 2.22. The molecule has 6 nitrogen and oxygen atoms in total. The third-order valence-corrected chi connectivity index (χ3v) is 5.67. The summed E-state index contributed by atoms with van der Waals surface area (Å²) in [6.07, 6.45) is 0.575. The standard InChI is InChI=1S/C22H25N3O3S/c1-4-17(21(27)23-13-14-28-3)25-18-7-5-6-8-19(18)29-22(25)24-20(26)16-11-9-15(2)10-12-16/h5-12,17H,4,13-14H2,1-3H3,(H,23,27)/t17-/m1/s1. The molecule has 1 heterocycles. The van der Waals surface area contributed by atoms with Crippen LogP contribution in [0.2, 0.25) is 0 Å². The van der Waals surface area contributed by atoms with Gasteiger partial charge in [0, 0.05) is 19.2 Å². The second-order valence-corrected chi connectivity index (χ2v) is 7.72. The Bertz CT molecular complexity index is 1070. The Labute approximate surface area is 173 Å². The molecule has 0 spiro atoms. The van der Waals surface area contributed by atoms with Crippen LogP contribution in [0, 0.1) is 6.92 Å². The lowest BCUT2D eigenvalue weighted by atomic mass is 10.1. The van der Waals surface area contributed by atoms with E-state index in [1.807, 2.05) is 54.8 Å². The second kappa shape index (κ2) is 9.62. The molecule has 0 unspecified atom stereocenters. The van der Waals surface area contributed by atoms with Crippen molar-refractivity contribution in [3.8, 4) is 0 Å². The lowest BCUT2D eigenvalue weighted by Gasteiger charge is -2.18. The number of carbonyl (C=O) groups excluding carboxylic acids is 2. The third-order valence-electron chi connectivity index (χ3n) is 4.63. The molecule has 1 N–H and O–H groups in total. The molecule has 0 aliphatic rings. The fourth-order valence-electron chi connectivity index (χ4n) is 3.10. The number of ether oxygens (including phenoxy) is 1. The first kappa shape index (κ1) is 21.0. The minimum Gasteiger partial charge on any atom is -0.383 e. The van der Waals surface area contributed by atoms with Crippen LogP contribution in [-0.4, -0.2) is 36.6 Å². The van der Waals surface area contributed by atoms with Crippen molar-refractivity contribution in [2.24, 2.45) is 4.99 Å². The molecule has 1 aromatic heterocycles. The molecule has 3 rings (SSSR count). The minimum absolute atomic E-state index is 0.114. The Morgan fingerprint density at radius 1 is 1.17 bits per heavy atom. The van der Waals surface area contributed by atoms with E-state index in [0.717, 1.165) is 15.8 Å². The molecule has 3 aromatic rings. The van der Waals surface area contributed by atoms with Crippen molar-refractivity contribution in [3.05, 3.63) is 64.5 Å². The minimum atomic E-state index is -0.465. The number of methoxy groups -OCH3 is 1. The van der Waals surface area contributed by atoms with E-state index >= 15 is 0 Å². The molecule has 7 heteroatoms. The zero-order valence-corrected chi connectivity index (χ0v) is 17.7. The lowest BCUT2D eigenvalue weighted by Crippen LogP contribution is -2.37. The molecule has 152 valence electrons. The third kappa shape index (κ3) is 4.81. The van der Waals surface area contributed by atoms with Crippen LogP contribution in [0.1, 0.15) is 35.3 Å². The maximum atomic E-state index is 12.8. The van der Waals surface area contributed by atoms with Crippen LogP contribution >= 0.6 is 11.3 Å². The smallest absolute Gasteiger partial charge is 0.279 e. The molecule has 0 bridgehead atoms. The van der Waals surface area contributed by atoms with Gasteiger partial charge in [-0.25, -0.2) is 0 Å². The van der Waals surface area contributed by atoms with E-state index in [1.165, 1.54) is 11.3 Å². The van der Waals surface area contributed by atoms with Crippen LogP contribution < -0.4 is 10.1 Å². The van der Waals surface area contributed by atoms with Crippen LogP contribution in [0.3, 0.4) is 0 Å². The summed E-state index contributed by atoms with van der Waals surface area (Å²) in [6.45, 7) is 4.80. The van der Waals surface area contributed by atoms with E-state index < -0.39 is 6.04 Å². The Balaban J connectivity index is 2.06. The Morgan fingerprint density at radius 2 is 1.90 bits per heavy atom. The number of carbonyl (C=O) groups is 2. The first-order valence-corrected chi connectivity index (χ1v) is 10.4. The highest BCUT2D eigenvalue weighted by atomic mass is 32.1. The van der Waals surface area contributed by atoms with Crippen LogP contribution in [0.15, 0.2) is 53.5 Å². The molecule has 0 saturated carbocycles. The average molecular weight is 412 g/mol. The van der Waals surface area contributed by atoms with Gasteiger partial charge in [-0.1, -0.05) is 48.1 Å². The topological polar surface area (TPSA) is 72.7 Å². The fourth-order valence-corrected chi connectivity index (χ4v) is 4.16. The van der Waals surface area contributed by atoms with Gasteiger partial charge in [-0.2, -0.15) is 4.99 Å². The molecule has 0 aliphatic heterocycles. The van der Waals surface area contributed by atoms with Gasteiger partial charge in [-0.15, -0.1) is 0 Å². The van der Waals surface area contributed by atoms with Crippen molar-refractivity contribution < 1.29 is 14.3 Å². The van der Waals surface area contributed by atoms with E-state index in [1.54, 1.807) is 19.2 Å². The summed E-state index contributed by atoms with van der Waals surface area (Å²) in [7, 11) is 1.60. The van der Waals surface area contributed by atoms with Crippen molar-refractivity contribution >= 4 is 33.4 Å². The van der Waals surface area contributed by atoms with Crippen LogP contribution in [0.5, 0.6) is 0 Å². The number of para-hydroxylation sites is 1. The Morgan fingerprint density at radius 3 is 2.59 bits per heavy atom. The molecular weight excluding hydrogens is 386 g/mol. The van der Waals surface area contributed by atoms with Gasteiger partial charge in [-0.05, 0) is 37.6 Å². The van der Waals surface area contributed by atoms with E-state index in [2.05, 4.69) is 10.3 Å². The predicted octanol–water partition coefficient (Wildman–Crippen LogP) is 3.47. The number of hydrogen-bond donors (Lipinski definition) is 1. The molecule has 1 atom stereocenters. The summed E-state index contributed by atoms with van der Waals surface area (Å²) in [6, 6.07) is 14.6.